The normalized spacial score (nSPS) is 20.8. The molecule has 0 aromatic heterocycles. The molecule has 2 atom stereocenters. The first-order valence-corrected chi connectivity index (χ1v) is 9.65. The largest absolute Gasteiger partial charge is 0.481 e. The van der Waals surface area contributed by atoms with E-state index in [2.05, 4.69) is 6.92 Å². The topological polar surface area (TPSA) is 71.4 Å². The molecular weight excluding hydrogens is 316 g/mol. The van der Waals surface area contributed by atoms with E-state index in [0.29, 0.717) is 25.7 Å². The molecule has 1 fully saturated rings. The average molecular weight is 348 g/mol. The number of hydrogen-bond acceptors (Lipinski definition) is 3. The fraction of sp³-hybridized carbons (Fsp3) is 0.667. The first-order valence-electron chi connectivity index (χ1n) is 9.65. The fourth-order valence-electron chi connectivity index (χ4n) is 3.24. The Morgan fingerprint density at radius 2 is 1.92 bits per heavy atom. The van der Waals surface area contributed by atoms with Gasteiger partial charge in [-0.15, -0.1) is 0 Å². The molecule has 1 rings (SSSR count). The Balaban J connectivity index is 2.35. The van der Waals surface area contributed by atoms with Crippen molar-refractivity contribution < 1.29 is 19.5 Å². The Hall–Kier alpha value is -1.71. The Kier molecular flexibility index (Phi) is 10.8. The summed E-state index contributed by atoms with van der Waals surface area (Å²) in [6, 6.07) is 0. The number of carbonyl (C=O) groups is 3. The van der Waals surface area contributed by atoms with Gasteiger partial charge in [0.1, 0.15) is 5.78 Å². The third-order valence-electron chi connectivity index (χ3n) is 4.78. The number of carboxylic acid groups (broad SMARTS) is 1. The maximum atomic E-state index is 12.1. The van der Waals surface area contributed by atoms with Crippen LogP contribution in [-0.4, -0.2) is 22.6 Å². The van der Waals surface area contributed by atoms with Crippen LogP contribution < -0.4 is 0 Å². The summed E-state index contributed by atoms with van der Waals surface area (Å²) in [5.74, 6) is -0.196. The highest BCUT2D eigenvalue weighted by Crippen LogP contribution is 2.32. The number of unbranched alkanes of at least 4 members (excludes halogenated alkanes) is 4. The van der Waals surface area contributed by atoms with Crippen molar-refractivity contribution in [2.75, 3.05) is 0 Å². The molecule has 25 heavy (non-hydrogen) atoms. The van der Waals surface area contributed by atoms with Gasteiger partial charge in [-0.05, 0) is 44.1 Å². The summed E-state index contributed by atoms with van der Waals surface area (Å²) in [5.41, 5.74) is 0. The number of carboxylic acids is 1. The van der Waals surface area contributed by atoms with Crippen molar-refractivity contribution in [2.45, 2.75) is 77.6 Å². The second-order valence-corrected chi connectivity index (χ2v) is 6.90. The van der Waals surface area contributed by atoms with Crippen LogP contribution >= 0.6 is 0 Å². The van der Waals surface area contributed by atoms with Gasteiger partial charge in [0.05, 0.1) is 0 Å². The molecule has 0 radical (unpaired) electrons. The van der Waals surface area contributed by atoms with Crippen LogP contribution in [0.4, 0.5) is 0 Å². The lowest BCUT2D eigenvalue weighted by Gasteiger charge is -2.12. The lowest BCUT2D eigenvalue weighted by molar-refractivity contribution is -0.137. The Morgan fingerprint density at radius 3 is 2.64 bits per heavy atom. The summed E-state index contributed by atoms with van der Waals surface area (Å²) in [6.07, 6.45) is 16.2. The van der Waals surface area contributed by atoms with Gasteiger partial charge >= 0.3 is 5.97 Å². The van der Waals surface area contributed by atoms with Gasteiger partial charge < -0.3 is 5.11 Å². The average Bonchev–Trinajstić information content (AvgIpc) is 2.93. The maximum absolute atomic E-state index is 12.1. The van der Waals surface area contributed by atoms with E-state index in [1.165, 1.54) is 12.8 Å². The lowest BCUT2D eigenvalue weighted by Crippen LogP contribution is -2.12. The molecule has 4 nitrogen and oxygen atoms in total. The summed E-state index contributed by atoms with van der Waals surface area (Å²) in [7, 11) is 0. The maximum Gasteiger partial charge on any atom is 0.303 e. The van der Waals surface area contributed by atoms with Crippen molar-refractivity contribution >= 4 is 17.5 Å². The smallest absolute Gasteiger partial charge is 0.303 e. The standard InChI is InChI=1S/C21H32O4/c1-2-3-4-7-10-18(22)15-13-17-14-16-20(23)19(17)11-8-5-6-9-12-21(24)25/h5,8,13,15,17,19H,2-4,6-7,9-12,14,16H2,1H3,(H,24,25). The van der Waals surface area contributed by atoms with Crippen molar-refractivity contribution in [3.05, 3.63) is 24.3 Å². The van der Waals surface area contributed by atoms with Gasteiger partial charge in [-0.25, -0.2) is 0 Å². The van der Waals surface area contributed by atoms with Crippen LogP contribution in [0.5, 0.6) is 0 Å². The second kappa shape index (κ2) is 12.6. The van der Waals surface area contributed by atoms with E-state index < -0.39 is 5.97 Å². The van der Waals surface area contributed by atoms with E-state index in [9.17, 15) is 14.4 Å². The minimum absolute atomic E-state index is 0.0279. The molecule has 4 heteroatoms. The Bertz CT molecular complexity index is 490. The Morgan fingerprint density at radius 1 is 1.12 bits per heavy atom. The van der Waals surface area contributed by atoms with Gasteiger partial charge in [-0.2, -0.15) is 0 Å². The molecule has 0 aromatic rings. The van der Waals surface area contributed by atoms with Crippen molar-refractivity contribution in [1.29, 1.82) is 0 Å². The van der Waals surface area contributed by atoms with E-state index in [0.717, 1.165) is 25.7 Å². The molecule has 2 unspecified atom stereocenters. The van der Waals surface area contributed by atoms with Gasteiger partial charge in [-0.3, -0.25) is 14.4 Å². The zero-order chi connectivity index (χ0) is 18.5. The number of carbonyl (C=O) groups excluding carboxylic acids is 2. The molecule has 1 N–H and O–H groups in total. The summed E-state index contributed by atoms with van der Waals surface area (Å²) < 4.78 is 0. The molecule has 1 aliphatic carbocycles. The van der Waals surface area contributed by atoms with Gasteiger partial charge in [0.2, 0.25) is 0 Å². The number of hydrogen-bond donors (Lipinski definition) is 1. The van der Waals surface area contributed by atoms with E-state index >= 15 is 0 Å². The minimum Gasteiger partial charge on any atom is -0.481 e. The van der Waals surface area contributed by atoms with Crippen LogP contribution in [0, 0.1) is 11.8 Å². The highest BCUT2D eigenvalue weighted by Gasteiger charge is 2.31. The predicted octanol–water partition coefficient (Wildman–Crippen LogP) is 4.88. The molecule has 0 heterocycles. The van der Waals surface area contributed by atoms with Crippen molar-refractivity contribution in [3.8, 4) is 0 Å². The zero-order valence-electron chi connectivity index (χ0n) is 15.4. The van der Waals surface area contributed by atoms with Crippen LogP contribution in [0.15, 0.2) is 24.3 Å². The summed E-state index contributed by atoms with van der Waals surface area (Å²) in [6.45, 7) is 2.15. The van der Waals surface area contributed by atoms with Gasteiger partial charge in [-0.1, -0.05) is 44.4 Å². The van der Waals surface area contributed by atoms with Crippen LogP contribution in [0.25, 0.3) is 0 Å². The molecule has 0 spiro atoms. The predicted molar refractivity (Wildman–Crippen MR) is 99.4 cm³/mol. The summed E-state index contributed by atoms with van der Waals surface area (Å²) in [5, 5.41) is 8.59. The highest BCUT2D eigenvalue weighted by atomic mass is 16.4. The second-order valence-electron chi connectivity index (χ2n) is 6.90. The van der Waals surface area contributed by atoms with E-state index in [1.807, 2.05) is 18.2 Å². The molecule has 140 valence electrons. The SMILES string of the molecule is CCCCCCC(=O)C=CC1CCC(=O)C1CC=CCCCC(=O)O. The molecule has 0 aromatic carbocycles. The first kappa shape index (κ1) is 21.3. The van der Waals surface area contributed by atoms with E-state index in [4.69, 9.17) is 5.11 Å². The monoisotopic (exact) mass is 348 g/mol. The molecule has 1 saturated carbocycles. The number of aliphatic carboxylic acids is 1. The number of ketones is 2. The number of allylic oxidation sites excluding steroid dienone is 4. The zero-order valence-corrected chi connectivity index (χ0v) is 15.4. The van der Waals surface area contributed by atoms with E-state index in [-0.39, 0.29) is 29.8 Å². The van der Waals surface area contributed by atoms with Crippen LogP contribution in [0.1, 0.15) is 77.6 Å². The highest BCUT2D eigenvalue weighted by molar-refractivity contribution is 5.90. The molecule has 0 saturated heterocycles. The third-order valence-corrected chi connectivity index (χ3v) is 4.78. The summed E-state index contributed by atoms with van der Waals surface area (Å²) >= 11 is 0. The van der Waals surface area contributed by atoms with Crippen molar-refractivity contribution in [1.82, 2.24) is 0 Å². The molecule has 0 amide bonds. The Labute approximate surface area is 151 Å². The molecule has 0 aliphatic heterocycles. The van der Waals surface area contributed by atoms with Crippen molar-refractivity contribution in [2.24, 2.45) is 11.8 Å². The number of rotatable bonds is 13. The van der Waals surface area contributed by atoms with Gasteiger partial charge in [0, 0.05) is 25.2 Å². The van der Waals surface area contributed by atoms with Crippen LogP contribution in [0.3, 0.4) is 0 Å². The molecular formula is C21H32O4. The van der Waals surface area contributed by atoms with Crippen molar-refractivity contribution in [3.63, 3.8) is 0 Å². The van der Waals surface area contributed by atoms with Crippen LogP contribution in [0.2, 0.25) is 0 Å². The van der Waals surface area contributed by atoms with Gasteiger partial charge in [0.25, 0.3) is 0 Å². The lowest BCUT2D eigenvalue weighted by atomic mass is 9.91. The third kappa shape index (κ3) is 9.37. The fourth-order valence-corrected chi connectivity index (χ4v) is 3.24. The van der Waals surface area contributed by atoms with E-state index in [1.54, 1.807) is 6.08 Å². The minimum atomic E-state index is -0.774. The number of Topliss-reactive ketones (excluding diaryl/α,β-unsaturated/α-hetero) is 1. The van der Waals surface area contributed by atoms with Gasteiger partial charge in [0.15, 0.2) is 5.78 Å². The molecule has 1 aliphatic rings. The first-order chi connectivity index (χ1) is 12.0. The quantitative estimate of drug-likeness (QED) is 0.292. The summed E-state index contributed by atoms with van der Waals surface area (Å²) in [4.78, 5) is 34.4. The molecule has 0 bridgehead atoms. The van der Waals surface area contributed by atoms with Crippen LogP contribution in [-0.2, 0) is 14.4 Å².